The summed E-state index contributed by atoms with van der Waals surface area (Å²) in [7, 11) is -3.25. The van der Waals surface area contributed by atoms with Crippen LogP contribution in [0.15, 0.2) is 59.5 Å². The molecule has 2 unspecified atom stereocenters. The van der Waals surface area contributed by atoms with Gasteiger partial charge in [-0.15, -0.1) is 0 Å². The van der Waals surface area contributed by atoms with Crippen molar-refractivity contribution in [2.24, 2.45) is 0 Å². The third kappa shape index (κ3) is 6.21. The Labute approximate surface area is 159 Å². The summed E-state index contributed by atoms with van der Waals surface area (Å²) in [5.41, 5.74) is 1.65. The largest absolute Gasteiger partial charge is 0.350 e. The fraction of sp³-hybridized carbons (Fsp3) is 0.300. The number of carbonyl (C=O) groups excluding carboxylic acids is 2. The van der Waals surface area contributed by atoms with E-state index in [4.69, 9.17) is 0 Å². The van der Waals surface area contributed by atoms with E-state index in [1.54, 1.807) is 12.1 Å². The van der Waals surface area contributed by atoms with E-state index in [0.717, 1.165) is 17.4 Å². The quantitative estimate of drug-likeness (QED) is 0.762. The highest BCUT2D eigenvalue weighted by atomic mass is 32.2. The molecule has 0 heterocycles. The van der Waals surface area contributed by atoms with Crippen molar-refractivity contribution >= 4 is 21.7 Å². The molecule has 6 nitrogen and oxygen atoms in total. The Kier molecular flexibility index (Phi) is 6.74. The standard InChI is InChI=1S/C20H24N2O4S/c1-14(16-9-11-18(12-10-16)27(3,25)26)21-20(24)13-19(22-15(2)23)17-7-5-4-6-8-17/h4-12,14,19H,13H2,1-3H3,(H,21,24)(H,22,23). The van der Waals surface area contributed by atoms with Gasteiger partial charge in [0.15, 0.2) is 9.84 Å². The van der Waals surface area contributed by atoms with E-state index in [1.165, 1.54) is 19.1 Å². The normalized spacial score (nSPS) is 13.4. The van der Waals surface area contributed by atoms with Crippen LogP contribution in [-0.4, -0.2) is 26.5 Å². The van der Waals surface area contributed by atoms with Gasteiger partial charge in [0.05, 0.1) is 23.4 Å². The molecule has 2 aromatic rings. The van der Waals surface area contributed by atoms with Crippen LogP contribution in [0.3, 0.4) is 0 Å². The number of amides is 2. The van der Waals surface area contributed by atoms with Gasteiger partial charge in [-0.25, -0.2) is 8.42 Å². The maximum absolute atomic E-state index is 12.5. The highest BCUT2D eigenvalue weighted by Crippen LogP contribution is 2.19. The highest BCUT2D eigenvalue weighted by Gasteiger charge is 2.19. The van der Waals surface area contributed by atoms with Crippen molar-refractivity contribution in [3.63, 3.8) is 0 Å². The molecule has 2 amide bonds. The van der Waals surface area contributed by atoms with Crippen LogP contribution in [0.2, 0.25) is 0 Å². The minimum Gasteiger partial charge on any atom is -0.350 e. The van der Waals surface area contributed by atoms with Crippen LogP contribution in [0.5, 0.6) is 0 Å². The number of nitrogens with one attached hydrogen (secondary N) is 2. The molecule has 0 aliphatic carbocycles. The average molecular weight is 388 g/mol. The van der Waals surface area contributed by atoms with Crippen LogP contribution < -0.4 is 10.6 Å². The van der Waals surface area contributed by atoms with Crippen molar-refractivity contribution in [1.29, 1.82) is 0 Å². The minimum absolute atomic E-state index is 0.107. The Morgan fingerprint density at radius 3 is 2.04 bits per heavy atom. The van der Waals surface area contributed by atoms with Gasteiger partial charge in [0.2, 0.25) is 11.8 Å². The van der Waals surface area contributed by atoms with Crippen LogP contribution >= 0.6 is 0 Å². The first-order valence-corrected chi connectivity index (χ1v) is 10.5. The topological polar surface area (TPSA) is 92.3 Å². The van der Waals surface area contributed by atoms with Crippen LogP contribution in [-0.2, 0) is 19.4 Å². The van der Waals surface area contributed by atoms with E-state index in [2.05, 4.69) is 10.6 Å². The molecule has 0 spiro atoms. The summed E-state index contributed by atoms with van der Waals surface area (Å²) in [5, 5.41) is 5.69. The zero-order valence-electron chi connectivity index (χ0n) is 15.6. The van der Waals surface area contributed by atoms with E-state index in [9.17, 15) is 18.0 Å². The molecule has 0 aromatic heterocycles. The van der Waals surface area contributed by atoms with Gasteiger partial charge in [0.25, 0.3) is 0 Å². The number of rotatable bonds is 7. The van der Waals surface area contributed by atoms with Gasteiger partial charge in [0, 0.05) is 13.2 Å². The van der Waals surface area contributed by atoms with E-state index in [0.29, 0.717) is 0 Å². The molecule has 2 aromatic carbocycles. The third-order valence-corrected chi connectivity index (χ3v) is 5.28. The summed E-state index contributed by atoms with van der Waals surface area (Å²) in [6, 6.07) is 15.0. The lowest BCUT2D eigenvalue weighted by Gasteiger charge is -2.20. The zero-order chi connectivity index (χ0) is 20.0. The SMILES string of the molecule is CC(=O)NC(CC(=O)NC(C)c1ccc(S(C)(=O)=O)cc1)c1ccccc1. The molecule has 27 heavy (non-hydrogen) atoms. The summed E-state index contributed by atoms with van der Waals surface area (Å²) >= 11 is 0. The Morgan fingerprint density at radius 2 is 1.52 bits per heavy atom. The number of benzene rings is 2. The summed E-state index contributed by atoms with van der Waals surface area (Å²) in [4.78, 5) is 24.2. The fourth-order valence-electron chi connectivity index (χ4n) is 2.76. The molecular formula is C20H24N2O4S. The van der Waals surface area contributed by atoms with Gasteiger partial charge >= 0.3 is 0 Å². The predicted octanol–water partition coefficient (Wildman–Crippen LogP) is 2.53. The van der Waals surface area contributed by atoms with Crippen LogP contribution in [0.25, 0.3) is 0 Å². The van der Waals surface area contributed by atoms with Crippen molar-refractivity contribution in [3.8, 4) is 0 Å². The Hall–Kier alpha value is -2.67. The van der Waals surface area contributed by atoms with E-state index < -0.39 is 15.9 Å². The number of hydrogen-bond acceptors (Lipinski definition) is 4. The lowest BCUT2D eigenvalue weighted by Crippen LogP contribution is -2.33. The van der Waals surface area contributed by atoms with Crippen LogP contribution in [0.4, 0.5) is 0 Å². The molecule has 2 rings (SSSR count). The van der Waals surface area contributed by atoms with Gasteiger partial charge in [0.1, 0.15) is 0 Å². The minimum atomic E-state index is -3.25. The van der Waals surface area contributed by atoms with Crippen molar-refractivity contribution < 1.29 is 18.0 Å². The monoisotopic (exact) mass is 388 g/mol. The second-order valence-electron chi connectivity index (χ2n) is 6.50. The number of sulfone groups is 1. The van der Waals surface area contributed by atoms with Gasteiger partial charge in [-0.3, -0.25) is 9.59 Å². The first-order valence-electron chi connectivity index (χ1n) is 8.58. The zero-order valence-corrected chi connectivity index (χ0v) is 16.4. The molecular weight excluding hydrogens is 364 g/mol. The van der Waals surface area contributed by atoms with Crippen molar-refractivity contribution in [2.75, 3.05) is 6.26 Å². The Bertz CT molecular complexity index is 893. The Balaban J connectivity index is 2.05. The molecule has 0 saturated carbocycles. The van der Waals surface area contributed by atoms with Crippen molar-refractivity contribution in [1.82, 2.24) is 10.6 Å². The molecule has 0 aliphatic heterocycles. The molecule has 0 bridgehead atoms. The molecule has 144 valence electrons. The molecule has 0 radical (unpaired) electrons. The second kappa shape index (κ2) is 8.81. The molecule has 0 aliphatic rings. The van der Waals surface area contributed by atoms with Gasteiger partial charge in [-0.1, -0.05) is 42.5 Å². The summed E-state index contributed by atoms with van der Waals surface area (Å²) in [6.45, 7) is 3.24. The third-order valence-electron chi connectivity index (χ3n) is 4.15. The van der Waals surface area contributed by atoms with Crippen molar-refractivity contribution in [2.45, 2.75) is 37.2 Å². The fourth-order valence-corrected chi connectivity index (χ4v) is 3.39. The van der Waals surface area contributed by atoms with E-state index >= 15 is 0 Å². The maximum atomic E-state index is 12.5. The smallest absolute Gasteiger partial charge is 0.222 e. The molecule has 0 fully saturated rings. The Morgan fingerprint density at radius 1 is 0.926 bits per heavy atom. The lowest BCUT2D eigenvalue weighted by molar-refractivity contribution is -0.123. The van der Waals surface area contributed by atoms with Gasteiger partial charge in [-0.2, -0.15) is 0 Å². The molecule has 2 N–H and O–H groups in total. The number of hydrogen-bond donors (Lipinski definition) is 2. The molecule has 2 atom stereocenters. The van der Waals surface area contributed by atoms with Crippen LogP contribution in [0.1, 0.15) is 43.5 Å². The first-order chi connectivity index (χ1) is 12.7. The maximum Gasteiger partial charge on any atom is 0.222 e. The van der Waals surface area contributed by atoms with E-state index in [-0.39, 0.29) is 29.2 Å². The predicted molar refractivity (Wildman–Crippen MR) is 104 cm³/mol. The highest BCUT2D eigenvalue weighted by molar-refractivity contribution is 7.90. The summed E-state index contributed by atoms with van der Waals surface area (Å²) in [6.07, 6.45) is 1.26. The molecule has 0 saturated heterocycles. The van der Waals surface area contributed by atoms with Crippen LogP contribution in [0, 0.1) is 0 Å². The summed E-state index contributed by atoms with van der Waals surface area (Å²) < 4.78 is 23.1. The average Bonchev–Trinajstić information content (AvgIpc) is 2.61. The van der Waals surface area contributed by atoms with Crippen molar-refractivity contribution in [3.05, 3.63) is 65.7 Å². The first kappa shape index (κ1) is 20.6. The lowest BCUT2D eigenvalue weighted by atomic mass is 10.0. The van der Waals surface area contributed by atoms with E-state index in [1.807, 2.05) is 37.3 Å². The van der Waals surface area contributed by atoms with Gasteiger partial charge < -0.3 is 10.6 Å². The summed E-state index contributed by atoms with van der Waals surface area (Å²) in [5.74, 6) is -0.418. The molecule has 7 heteroatoms. The van der Waals surface area contributed by atoms with Gasteiger partial charge in [-0.05, 0) is 30.2 Å². The second-order valence-corrected chi connectivity index (χ2v) is 8.51. The number of carbonyl (C=O) groups is 2.